The number of hydrogen-bond acceptors (Lipinski definition) is 5. The molecule has 8 heteroatoms. The number of carbonyl (C=O) groups is 2. The Morgan fingerprint density at radius 2 is 1.48 bits per heavy atom. The number of hydrogen-bond donors (Lipinski definition) is 2. The molecular weight excluding hydrogens is 372 g/mol. The largest absolute Gasteiger partial charge is 0.495 e. The van der Waals surface area contributed by atoms with Crippen molar-refractivity contribution in [3.8, 4) is 17.2 Å². The first-order valence-electron chi connectivity index (χ1n) is 8.15. The standard InChI is InChI=1S/C19H21ClN2O5/c1-11(2)27-15-8-6-5-7-13(15)21-18(23)19(24)22-14-10-16(25-3)12(20)9-17(14)26-4/h5-11H,1-4H3,(H,21,23)(H,22,24). The van der Waals surface area contributed by atoms with Gasteiger partial charge in [0.05, 0.1) is 36.7 Å². The lowest BCUT2D eigenvalue weighted by molar-refractivity contribution is -0.133. The third-order valence-corrected chi connectivity index (χ3v) is 3.72. The molecule has 0 aliphatic heterocycles. The highest BCUT2D eigenvalue weighted by atomic mass is 35.5. The van der Waals surface area contributed by atoms with E-state index in [4.69, 9.17) is 25.8 Å². The van der Waals surface area contributed by atoms with Crippen LogP contribution in [-0.2, 0) is 9.59 Å². The molecule has 144 valence electrons. The van der Waals surface area contributed by atoms with E-state index < -0.39 is 11.8 Å². The smallest absolute Gasteiger partial charge is 0.314 e. The van der Waals surface area contributed by atoms with Crippen LogP contribution in [0.2, 0.25) is 5.02 Å². The number of halogens is 1. The van der Waals surface area contributed by atoms with Crippen LogP contribution in [0.3, 0.4) is 0 Å². The van der Waals surface area contributed by atoms with Crippen LogP contribution in [0.15, 0.2) is 36.4 Å². The van der Waals surface area contributed by atoms with Crippen molar-refractivity contribution in [2.24, 2.45) is 0 Å². The minimum Gasteiger partial charge on any atom is -0.495 e. The topological polar surface area (TPSA) is 85.9 Å². The summed E-state index contributed by atoms with van der Waals surface area (Å²) in [4.78, 5) is 24.6. The van der Waals surface area contributed by atoms with Crippen molar-refractivity contribution < 1.29 is 23.8 Å². The maximum atomic E-state index is 12.3. The van der Waals surface area contributed by atoms with Gasteiger partial charge < -0.3 is 24.8 Å². The first kappa shape index (κ1) is 20.4. The summed E-state index contributed by atoms with van der Waals surface area (Å²) in [6, 6.07) is 9.82. The Morgan fingerprint density at radius 3 is 2.07 bits per heavy atom. The molecule has 0 saturated heterocycles. The zero-order chi connectivity index (χ0) is 20.0. The molecule has 7 nitrogen and oxygen atoms in total. The van der Waals surface area contributed by atoms with E-state index in [0.717, 1.165) is 0 Å². The van der Waals surface area contributed by atoms with Crippen molar-refractivity contribution in [2.45, 2.75) is 20.0 Å². The molecule has 0 bridgehead atoms. The van der Waals surface area contributed by atoms with E-state index >= 15 is 0 Å². The van der Waals surface area contributed by atoms with Crippen LogP contribution in [0.4, 0.5) is 11.4 Å². The van der Waals surface area contributed by atoms with Crippen molar-refractivity contribution in [2.75, 3.05) is 24.9 Å². The maximum Gasteiger partial charge on any atom is 0.314 e. The molecule has 0 aliphatic carbocycles. The quantitative estimate of drug-likeness (QED) is 0.732. The van der Waals surface area contributed by atoms with Gasteiger partial charge in [-0.25, -0.2) is 0 Å². The van der Waals surface area contributed by atoms with Gasteiger partial charge in [-0.05, 0) is 26.0 Å². The number of carbonyl (C=O) groups excluding carboxylic acids is 2. The van der Waals surface area contributed by atoms with Crippen LogP contribution in [0, 0.1) is 0 Å². The molecule has 0 atom stereocenters. The van der Waals surface area contributed by atoms with Crippen LogP contribution in [-0.4, -0.2) is 32.1 Å². The Morgan fingerprint density at radius 1 is 0.889 bits per heavy atom. The van der Waals surface area contributed by atoms with Gasteiger partial charge in [-0.1, -0.05) is 23.7 Å². The fraction of sp³-hybridized carbons (Fsp3) is 0.263. The second-order valence-corrected chi connectivity index (χ2v) is 6.17. The number of amides is 2. The molecule has 2 N–H and O–H groups in total. The van der Waals surface area contributed by atoms with Crippen LogP contribution >= 0.6 is 11.6 Å². The molecule has 2 aromatic rings. The summed E-state index contributed by atoms with van der Waals surface area (Å²) in [5, 5.41) is 5.34. The molecule has 27 heavy (non-hydrogen) atoms. The van der Waals surface area contributed by atoms with Crippen LogP contribution < -0.4 is 24.8 Å². The van der Waals surface area contributed by atoms with Gasteiger partial charge in [0.1, 0.15) is 17.2 Å². The molecule has 0 unspecified atom stereocenters. The summed E-state index contributed by atoms with van der Waals surface area (Å²) in [6.45, 7) is 3.73. The van der Waals surface area contributed by atoms with Gasteiger partial charge in [0.25, 0.3) is 0 Å². The van der Waals surface area contributed by atoms with Crippen LogP contribution in [0.5, 0.6) is 17.2 Å². The lowest BCUT2D eigenvalue weighted by atomic mass is 10.2. The number of anilines is 2. The van der Waals surface area contributed by atoms with Gasteiger partial charge >= 0.3 is 11.8 Å². The molecule has 2 amide bonds. The zero-order valence-electron chi connectivity index (χ0n) is 15.5. The normalized spacial score (nSPS) is 10.3. The first-order valence-corrected chi connectivity index (χ1v) is 8.53. The summed E-state index contributed by atoms with van der Waals surface area (Å²) in [6.07, 6.45) is -0.0809. The summed E-state index contributed by atoms with van der Waals surface area (Å²) in [5.74, 6) is -0.628. The van der Waals surface area contributed by atoms with E-state index in [-0.39, 0.29) is 11.8 Å². The fourth-order valence-corrected chi connectivity index (χ4v) is 2.47. The SMILES string of the molecule is COc1cc(NC(=O)C(=O)Nc2ccccc2OC(C)C)c(OC)cc1Cl. The number of para-hydroxylation sites is 2. The Bertz CT molecular complexity index is 839. The molecule has 0 aromatic heterocycles. The third-order valence-electron chi connectivity index (χ3n) is 3.43. The summed E-state index contributed by atoms with van der Waals surface area (Å²) < 4.78 is 15.9. The van der Waals surface area contributed by atoms with Crippen molar-refractivity contribution >= 4 is 34.8 Å². The summed E-state index contributed by atoms with van der Waals surface area (Å²) in [7, 11) is 2.87. The second-order valence-electron chi connectivity index (χ2n) is 5.76. The molecular formula is C19H21ClN2O5. The molecule has 0 radical (unpaired) electrons. The van der Waals surface area contributed by atoms with Crippen LogP contribution in [0.1, 0.15) is 13.8 Å². The number of methoxy groups -OCH3 is 2. The van der Waals surface area contributed by atoms with Crippen LogP contribution in [0.25, 0.3) is 0 Å². The van der Waals surface area contributed by atoms with Crippen molar-refractivity contribution in [3.63, 3.8) is 0 Å². The van der Waals surface area contributed by atoms with Crippen molar-refractivity contribution in [1.29, 1.82) is 0 Å². The highest BCUT2D eigenvalue weighted by Crippen LogP contribution is 2.35. The molecule has 0 aliphatic rings. The molecule has 0 spiro atoms. The van der Waals surface area contributed by atoms with Gasteiger partial charge in [-0.2, -0.15) is 0 Å². The third kappa shape index (κ3) is 5.27. The average Bonchev–Trinajstić information content (AvgIpc) is 2.63. The molecule has 0 fully saturated rings. The zero-order valence-corrected chi connectivity index (χ0v) is 16.2. The van der Waals surface area contributed by atoms with Gasteiger partial charge in [0.2, 0.25) is 0 Å². The minimum atomic E-state index is -0.878. The molecule has 2 rings (SSSR count). The number of nitrogens with one attached hydrogen (secondary N) is 2. The second kappa shape index (κ2) is 9.14. The van der Waals surface area contributed by atoms with Gasteiger partial charge in [-0.3, -0.25) is 9.59 Å². The van der Waals surface area contributed by atoms with Gasteiger partial charge in [-0.15, -0.1) is 0 Å². The number of ether oxygens (including phenoxy) is 3. The van der Waals surface area contributed by atoms with Gasteiger partial charge in [0.15, 0.2) is 0 Å². The molecule has 0 heterocycles. The van der Waals surface area contributed by atoms with E-state index in [1.165, 1.54) is 26.4 Å². The highest BCUT2D eigenvalue weighted by Gasteiger charge is 2.19. The highest BCUT2D eigenvalue weighted by molar-refractivity contribution is 6.44. The monoisotopic (exact) mass is 392 g/mol. The van der Waals surface area contributed by atoms with Crippen molar-refractivity contribution in [1.82, 2.24) is 0 Å². The number of benzene rings is 2. The molecule has 2 aromatic carbocycles. The minimum absolute atomic E-state index is 0.0809. The fourth-order valence-electron chi connectivity index (χ4n) is 2.24. The summed E-state index contributed by atoms with van der Waals surface area (Å²) in [5.41, 5.74) is 0.651. The van der Waals surface area contributed by atoms with E-state index in [2.05, 4.69) is 10.6 Å². The Labute approximate surface area is 162 Å². The van der Waals surface area contributed by atoms with E-state index in [1.807, 2.05) is 13.8 Å². The van der Waals surface area contributed by atoms with E-state index in [9.17, 15) is 9.59 Å². The molecule has 0 saturated carbocycles. The first-order chi connectivity index (χ1) is 12.8. The van der Waals surface area contributed by atoms with E-state index in [1.54, 1.807) is 24.3 Å². The van der Waals surface area contributed by atoms with E-state index in [0.29, 0.717) is 28.0 Å². The average molecular weight is 393 g/mol. The lowest BCUT2D eigenvalue weighted by Gasteiger charge is -2.15. The number of rotatable bonds is 6. The van der Waals surface area contributed by atoms with Crippen molar-refractivity contribution in [3.05, 3.63) is 41.4 Å². The Kier molecular flexibility index (Phi) is 6.90. The maximum absolute atomic E-state index is 12.3. The summed E-state index contributed by atoms with van der Waals surface area (Å²) >= 11 is 6.03. The Balaban J connectivity index is 2.17. The predicted molar refractivity (Wildman–Crippen MR) is 104 cm³/mol. The lowest BCUT2D eigenvalue weighted by Crippen LogP contribution is -2.29. The van der Waals surface area contributed by atoms with Gasteiger partial charge in [0, 0.05) is 12.1 Å². The Hall–Kier alpha value is -2.93. The predicted octanol–water partition coefficient (Wildman–Crippen LogP) is 3.72.